The van der Waals surface area contributed by atoms with Crippen LogP contribution in [0.25, 0.3) is 0 Å². The molecule has 0 aliphatic carbocycles. The minimum atomic E-state index is -4.58. The molecule has 0 rings (SSSR count). The van der Waals surface area contributed by atoms with Crippen molar-refractivity contribution < 1.29 is 23.9 Å². The van der Waals surface area contributed by atoms with Crippen LogP contribution in [0.4, 0.5) is 0 Å². The van der Waals surface area contributed by atoms with Gasteiger partial charge in [0.15, 0.2) is 0 Å². The monoisotopic (exact) mass is 474 g/mol. The Balaban J connectivity index is 3.68. The molecule has 6 heteroatoms. The van der Waals surface area contributed by atoms with E-state index in [0.29, 0.717) is 10.9 Å². The van der Waals surface area contributed by atoms with Crippen molar-refractivity contribution in [2.75, 3.05) is 27.7 Å². The van der Waals surface area contributed by atoms with Crippen LogP contribution in [0.3, 0.4) is 0 Å². The van der Waals surface area contributed by atoms with Gasteiger partial charge in [-0.05, 0) is 51.4 Å². The molecule has 0 aliphatic rings. The first-order valence-electron chi connectivity index (χ1n) is 12.9. The highest BCUT2D eigenvalue weighted by Gasteiger charge is 2.48. The zero-order valence-electron chi connectivity index (χ0n) is 21.5. The highest BCUT2D eigenvalue weighted by atomic mass is 31.2. The van der Waals surface area contributed by atoms with Gasteiger partial charge in [0.25, 0.3) is 0 Å². The van der Waals surface area contributed by atoms with Gasteiger partial charge in [-0.15, -0.1) is 0 Å². The second-order valence-corrected chi connectivity index (χ2v) is 12.3. The smallest absolute Gasteiger partial charge is 0.362 e. The zero-order valence-corrected chi connectivity index (χ0v) is 22.4. The summed E-state index contributed by atoms with van der Waals surface area (Å²) in [6, 6.07) is 0. The van der Waals surface area contributed by atoms with Crippen molar-refractivity contribution in [1.29, 1.82) is 0 Å². The molecule has 0 heterocycles. The summed E-state index contributed by atoms with van der Waals surface area (Å²) in [7, 11) is 0.896. The predicted octanol–water partition coefficient (Wildman–Crippen LogP) is 6.93. The van der Waals surface area contributed by atoms with Crippen molar-refractivity contribution in [3.8, 4) is 0 Å². The molecule has 5 nitrogen and oxygen atoms in total. The first-order valence-corrected chi connectivity index (χ1v) is 14.5. The van der Waals surface area contributed by atoms with Gasteiger partial charge in [0.05, 0.1) is 21.1 Å². The van der Waals surface area contributed by atoms with Gasteiger partial charge in [0.2, 0.25) is 5.34 Å². The summed E-state index contributed by atoms with van der Waals surface area (Å²) < 4.78 is 12.1. The van der Waals surface area contributed by atoms with Gasteiger partial charge in [-0.1, -0.05) is 82.6 Å². The summed E-state index contributed by atoms with van der Waals surface area (Å²) in [5.74, 6) is 0. The molecule has 0 aliphatic heterocycles. The Morgan fingerprint density at radius 2 is 1.06 bits per heavy atom. The number of allylic oxidation sites excluding steroid dienone is 4. The van der Waals surface area contributed by atoms with Crippen molar-refractivity contribution in [1.82, 2.24) is 0 Å². The number of aliphatic hydroxyl groups is 1. The van der Waals surface area contributed by atoms with E-state index in [9.17, 15) is 19.5 Å². The van der Waals surface area contributed by atoms with Crippen molar-refractivity contribution >= 4 is 7.60 Å². The van der Waals surface area contributed by atoms with E-state index in [-0.39, 0.29) is 13.0 Å². The third kappa shape index (κ3) is 18.0. The molecule has 0 aromatic carbocycles. The molecule has 0 spiro atoms. The molecule has 3 N–H and O–H groups in total. The van der Waals surface area contributed by atoms with Crippen LogP contribution >= 0.6 is 7.60 Å². The van der Waals surface area contributed by atoms with Gasteiger partial charge in [-0.2, -0.15) is 0 Å². The topological polar surface area (TPSA) is 77.8 Å². The number of likely N-dealkylation sites (N-methyl/N-ethyl adjacent to an activating group) is 1. The Hall–Kier alpha value is -0.450. The highest BCUT2D eigenvalue weighted by Crippen LogP contribution is 2.52. The Labute approximate surface area is 198 Å². The van der Waals surface area contributed by atoms with E-state index in [2.05, 4.69) is 25.2 Å². The molecule has 0 bridgehead atoms. The van der Waals surface area contributed by atoms with Crippen LogP contribution in [-0.2, 0) is 4.57 Å². The van der Waals surface area contributed by atoms with E-state index in [1.54, 1.807) is 0 Å². The SMILES string of the molecule is CCCCC/C=C\CCCCCCCCCC/C=C\CCC(O)(C[N+](C)(C)C)P(=O)(O)O. The second kappa shape index (κ2) is 18.0. The van der Waals surface area contributed by atoms with Crippen molar-refractivity contribution in [2.24, 2.45) is 0 Å². The zero-order chi connectivity index (χ0) is 24.3. The van der Waals surface area contributed by atoms with E-state index in [4.69, 9.17) is 0 Å². The molecule has 0 radical (unpaired) electrons. The number of nitrogens with zero attached hydrogens (tertiary/aromatic N) is 1. The van der Waals surface area contributed by atoms with Crippen molar-refractivity contribution in [3.63, 3.8) is 0 Å². The van der Waals surface area contributed by atoms with E-state index in [0.717, 1.165) is 12.8 Å². The number of hydrogen-bond donors (Lipinski definition) is 3. The Kier molecular flexibility index (Phi) is 17.7. The van der Waals surface area contributed by atoms with Crippen LogP contribution in [-0.4, -0.2) is 52.4 Å². The van der Waals surface area contributed by atoms with Gasteiger partial charge in [0, 0.05) is 0 Å². The van der Waals surface area contributed by atoms with E-state index >= 15 is 0 Å². The van der Waals surface area contributed by atoms with Crippen LogP contribution in [0.1, 0.15) is 110 Å². The molecule has 1 atom stereocenters. The van der Waals surface area contributed by atoms with Gasteiger partial charge in [-0.3, -0.25) is 4.57 Å². The minimum absolute atomic E-state index is 0.0286. The fourth-order valence-electron chi connectivity index (χ4n) is 3.96. The Bertz CT molecular complexity index is 551. The lowest BCUT2D eigenvalue weighted by atomic mass is 10.1. The van der Waals surface area contributed by atoms with Gasteiger partial charge in [-0.25, -0.2) is 0 Å². The average molecular weight is 475 g/mol. The summed E-state index contributed by atoms with van der Waals surface area (Å²) in [6.07, 6.45) is 27.1. The van der Waals surface area contributed by atoms with Crippen LogP contribution in [0.2, 0.25) is 0 Å². The lowest BCUT2D eigenvalue weighted by Gasteiger charge is -2.35. The predicted molar refractivity (Wildman–Crippen MR) is 138 cm³/mol. The molecule has 0 saturated heterocycles. The van der Waals surface area contributed by atoms with Gasteiger partial charge >= 0.3 is 7.60 Å². The average Bonchev–Trinajstić information content (AvgIpc) is 2.67. The molecule has 1 unspecified atom stereocenters. The summed E-state index contributed by atoms with van der Waals surface area (Å²) in [5.41, 5.74) is 0. The molecule has 0 fully saturated rings. The maximum absolute atomic E-state index is 11.8. The van der Waals surface area contributed by atoms with Crippen LogP contribution in [0.15, 0.2) is 24.3 Å². The van der Waals surface area contributed by atoms with Crippen molar-refractivity contribution in [3.05, 3.63) is 24.3 Å². The summed E-state index contributed by atoms with van der Waals surface area (Å²) >= 11 is 0. The number of hydrogen-bond acceptors (Lipinski definition) is 2. The molecule has 0 aromatic rings. The lowest BCUT2D eigenvalue weighted by molar-refractivity contribution is -0.875. The van der Waals surface area contributed by atoms with Gasteiger partial charge in [0.1, 0.15) is 6.54 Å². The van der Waals surface area contributed by atoms with Crippen LogP contribution in [0, 0.1) is 0 Å². The largest absolute Gasteiger partial charge is 0.373 e. The van der Waals surface area contributed by atoms with E-state index in [1.807, 2.05) is 27.2 Å². The first-order chi connectivity index (χ1) is 15.0. The molecule has 0 saturated carbocycles. The Morgan fingerprint density at radius 3 is 1.44 bits per heavy atom. The standard InChI is InChI=1S/C26H52NO4P/c1-5-6-7-8-9-10-11-12-13-14-15-16-17-18-19-20-21-22-23-24-26(28,32(29,30)31)25-27(2,3)4/h9-10,21-22,28H,5-8,11-20,23-25H2,1-4H3,(H-,29,30,31)/p+1/b10-9-,22-21-. The summed E-state index contributed by atoms with van der Waals surface area (Å²) in [5, 5.41) is 8.55. The highest BCUT2D eigenvalue weighted by molar-refractivity contribution is 7.53. The fourth-order valence-corrected chi connectivity index (χ4v) is 4.99. The van der Waals surface area contributed by atoms with Crippen LogP contribution < -0.4 is 0 Å². The minimum Gasteiger partial charge on any atom is -0.373 e. The second-order valence-electron chi connectivity index (χ2n) is 10.4. The van der Waals surface area contributed by atoms with E-state index < -0.39 is 12.9 Å². The third-order valence-corrected chi connectivity index (χ3v) is 7.23. The maximum atomic E-state index is 11.8. The molecule has 190 valence electrons. The number of unbranched alkanes of at least 4 members (excludes halogenated alkanes) is 12. The molecule has 0 aromatic heterocycles. The normalized spacial score (nSPS) is 15.1. The molecule has 32 heavy (non-hydrogen) atoms. The van der Waals surface area contributed by atoms with Crippen molar-refractivity contribution in [2.45, 2.75) is 115 Å². The lowest BCUT2D eigenvalue weighted by Crippen LogP contribution is -2.49. The number of quaternary nitrogens is 1. The molecule has 0 amide bonds. The molecular formula is C26H53NO4P+. The van der Waals surface area contributed by atoms with Gasteiger partial charge < -0.3 is 19.4 Å². The fraction of sp³-hybridized carbons (Fsp3) is 0.846. The maximum Gasteiger partial charge on any atom is 0.362 e. The molecular weight excluding hydrogens is 421 g/mol. The first kappa shape index (κ1) is 31.6. The third-order valence-electron chi connectivity index (χ3n) is 5.78. The Morgan fingerprint density at radius 1 is 0.688 bits per heavy atom. The quantitative estimate of drug-likeness (QED) is 0.0729. The van der Waals surface area contributed by atoms with E-state index in [1.165, 1.54) is 77.0 Å². The number of rotatable bonds is 21. The summed E-state index contributed by atoms with van der Waals surface area (Å²) in [6.45, 7) is 2.28. The van der Waals surface area contributed by atoms with Crippen LogP contribution in [0.5, 0.6) is 0 Å². The summed E-state index contributed by atoms with van der Waals surface area (Å²) in [4.78, 5) is 19.2.